The van der Waals surface area contributed by atoms with Crippen LogP contribution < -0.4 is 15.4 Å². The van der Waals surface area contributed by atoms with E-state index in [1.165, 1.54) is 25.1 Å². The average Bonchev–Trinajstić information content (AvgIpc) is 2.87. The summed E-state index contributed by atoms with van der Waals surface area (Å²) in [5.74, 6) is 1.04. The predicted octanol–water partition coefficient (Wildman–Crippen LogP) is 1.79. The van der Waals surface area contributed by atoms with Crippen LogP contribution in [-0.2, 0) is 0 Å². The molecule has 1 aliphatic rings. The van der Waals surface area contributed by atoms with E-state index in [0.29, 0.717) is 12.3 Å². The highest BCUT2D eigenvalue weighted by Crippen LogP contribution is 2.14. The van der Waals surface area contributed by atoms with Crippen molar-refractivity contribution in [2.24, 2.45) is 4.99 Å². The summed E-state index contributed by atoms with van der Waals surface area (Å²) in [5.41, 5.74) is 0. The van der Waals surface area contributed by atoms with Gasteiger partial charge in [-0.2, -0.15) is 0 Å². The number of aliphatic imine (C=N–C) groups is 1. The van der Waals surface area contributed by atoms with Crippen molar-refractivity contribution in [2.45, 2.75) is 25.9 Å². The highest BCUT2D eigenvalue weighted by molar-refractivity contribution is 5.79. The van der Waals surface area contributed by atoms with Crippen LogP contribution in [0.15, 0.2) is 29.3 Å². The van der Waals surface area contributed by atoms with Crippen molar-refractivity contribution in [1.29, 1.82) is 0 Å². The number of hydrogen-bond acceptors (Lipinski definition) is 4. The maximum Gasteiger partial charge on any atom is 0.191 e. The van der Waals surface area contributed by atoms with Crippen molar-refractivity contribution in [3.63, 3.8) is 0 Å². The predicted molar refractivity (Wildman–Crippen MR) is 109 cm³/mol. The van der Waals surface area contributed by atoms with Gasteiger partial charge in [0.05, 0.1) is 6.54 Å². The second-order valence-corrected chi connectivity index (χ2v) is 6.98. The Bertz CT molecular complexity index is 583. The van der Waals surface area contributed by atoms with E-state index >= 15 is 0 Å². The molecule has 1 aromatic carbocycles. The summed E-state index contributed by atoms with van der Waals surface area (Å²) in [6.45, 7) is 9.09. The Labute approximate surface area is 162 Å². The van der Waals surface area contributed by atoms with Gasteiger partial charge in [0.15, 0.2) is 5.96 Å². The first-order valence-corrected chi connectivity index (χ1v) is 9.88. The lowest BCUT2D eigenvalue weighted by Gasteiger charge is -2.22. The molecule has 0 bridgehead atoms. The van der Waals surface area contributed by atoms with Crippen molar-refractivity contribution in [3.05, 3.63) is 30.1 Å². The maximum atomic E-state index is 13.3. The molecule has 0 amide bonds. The number of nitrogens with zero attached hydrogens (tertiary/aromatic N) is 3. The molecule has 7 heteroatoms. The minimum Gasteiger partial charge on any atom is -0.489 e. The zero-order valence-electron chi connectivity index (χ0n) is 16.9. The lowest BCUT2D eigenvalue weighted by Crippen LogP contribution is -2.45. The van der Waals surface area contributed by atoms with Crippen LogP contribution in [0.25, 0.3) is 0 Å². The molecule has 2 rings (SSSR count). The molecule has 0 spiro atoms. The van der Waals surface area contributed by atoms with E-state index in [1.54, 1.807) is 19.2 Å². The molecule has 2 N–H and O–H groups in total. The zero-order valence-corrected chi connectivity index (χ0v) is 16.9. The molecular formula is C20H34FN5O. The zero-order chi connectivity index (χ0) is 19.5. The van der Waals surface area contributed by atoms with Gasteiger partial charge in [0.25, 0.3) is 0 Å². The summed E-state index contributed by atoms with van der Waals surface area (Å²) in [6.07, 6.45) is 1.99. The van der Waals surface area contributed by atoms with Crippen LogP contribution in [0.5, 0.6) is 5.75 Å². The number of likely N-dealkylation sites (N-methyl/N-ethyl adjacent to an activating group) is 1. The molecule has 0 aromatic heterocycles. The van der Waals surface area contributed by atoms with Gasteiger partial charge in [-0.15, -0.1) is 0 Å². The van der Waals surface area contributed by atoms with Gasteiger partial charge in [-0.25, -0.2) is 4.39 Å². The molecule has 1 aromatic rings. The molecule has 27 heavy (non-hydrogen) atoms. The Morgan fingerprint density at radius 1 is 1.26 bits per heavy atom. The van der Waals surface area contributed by atoms with Gasteiger partial charge >= 0.3 is 0 Å². The van der Waals surface area contributed by atoms with Gasteiger partial charge < -0.3 is 25.2 Å². The maximum absolute atomic E-state index is 13.3. The van der Waals surface area contributed by atoms with Crippen molar-refractivity contribution < 1.29 is 9.13 Å². The first-order valence-electron chi connectivity index (χ1n) is 9.88. The van der Waals surface area contributed by atoms with E-state index in [-0.39, 0.29) is 11.9 Å². The van der Waals surface area contributed by atoms with E-state index in [0.717, 1.165) is 45.1 Å². The van der Waals surface area contributed by atoms with Gasteiger partial charge in [0, 0.05) is 39.3 Å². The van der Waals surface area contributed by atoms with Gasteiger partial charge in [0.1, 0.15) is 17.7 Å². The third-order valence-corrected chi connectivity index (χ3v) is 4.81. The fourth-order valence-electron chi connectivity index (χ4n) is 3.09. The standard InChI is InChI=1S/C20H34FN5O/c1-4-18(27-19-8-5-7-17(21)15-19)16-24-20(22-2)23-9-12-26-11-6-10-25(3)13-14-26/h5,7-8,15,18H,4,6,9-14,16H2,1-3H3,(H2,22,23,24). The van der Waals surface area contributed by atoms with Crippen molar-refractivity contribution >= 4 is 5.96 Å². The number of rotatable bonds is 8. The topological polar surface area (TPSA) is 52.1 Å². The van der Waals surface area contributed by atoms with Gasteiger partial charge in [-0.05, 0) is 45.1 Å². The fraction of sp³-hybridized carbons (Fsp3) is 0.650. The van der Waals surface area contributed by atoms with Crippen LogP contribution in [-0.4, -0.2) is 81.8 Å². The molecule has 1 fully saturated rings. The number of guanidine groups is 1. The number of benzene rings is 1. The van der Waals surface area contributed by atoms with E-state index in [4.69, 9.17) is 4.74 Å². The van der Waals surface area contributed by atoms with E-state index in [1.807, 2.05) is 0 Å². The van der Waals surface area contributed by atoms with Crippen molar-refractivity contribution in [1.82, 2.24) is 20.4 Å². The smallest absolute Gasteiger partial charge is 0.191 e. The monoisotopic (exact) mass is 379 g/mol. The molecule has 152 valence electrons. The first kappa shape index (κ1) is 21.4. The Kier molecular flexibility index (Phi) is 9.35. The van der Waals surface area contributed by atoms with E-state index in [9.17, 15) is 4.39 Å². The minimum absolute atomic E-state index is 0.0495. The number of halogens is 1. The van der Waals surface area contributed by atoms with Crippen molar-refractivity contribution in [3.8, 4) is 5.75 Å². The molecule has 0 saturated carbocycles. The van der Waals surface area contributed by atoms with Crippen LogP contribution in [0.1, 0.15) is 19.8 Å². The van der Waals surface area contributed by atoms with Gasteiger partial charge in [-0.3, -0.25) is 4.99 Å². The Balaban J connectivity index is 1.70. The molecule has 1 aliphatic heterocycles. The molecule has 0 aliphatic carbocycles. The largest absolute Gasteiger partial charge is 0.489 e. The number of hydrogen-bond donors (Lipinski definition) is 2. The lowest BCUT2D eigenvalue weighted by molar-refractivity contribution is 0.198. The van der Waals surface area contributed by atoms with E-state index in [2.05, 4.69) is 39.4 Å². The second-order valence-electron chi connectivity index (χ2n) is 6.98. The highest BCUT2D eigenvalue weighted by Gasteiger charge is 2.12. The van der Waals surface area contributed by atoms with Crippen LogP contribution >= 0.6 is 0 Å². The molecule has 0 radical (unpaired) electrons. The molecule has 1 saturated heterocycles. The summed E-state index contributed by atoms with van der Waals surface area (Å²) in [6, 6.07) is 6.26. The number of ether oxygens (including phenoxy) is 1. The normalized spacial score (nSPS) is 18.0. The van der Waals surface area contributed by atoms with Crippen LogP contribution in [0, 0.1) is 5.82 Å². The lowest BCUT2D eigenvalue weighted by atomic mass is 10.2. The Morgan fingerprint density at radius 2 is 2.11 bits per heavy atom. The SMILES string of the molecule is CCC(CNC(=NC)NCCN1CCCN(C)CC1)Oc1cccc(F)c1. The average molecular weight is 380 g/mol. The summed E-state index contributed by atoms with van der Waals surface area (Å²) >= 11 is 0. The van der Waals surface area contributed by atoms with Crippen LogP contribution in [0.3, 0.4) is 0 Å². The summed E-state index contributed by atoms with van der Waals surface area (Å²) in [4.78, 5) is 9.16. The quantitative estimate of drug-likeness (QED) is 0.533. The number of nitrogens with one attached hydrogen (secondary N) is 2. The summed E-state index contributed by atoms with van der Waals surface area (Å²) < 4.78 is 19.2. The summed E-state index contributed by atoms with van der Waals surface area (Å²) in [5, 5.41) is 6.67. The van der Waals surface area contributed by atoms with Crippen LogP contribution in [0.4, 0.5) is 4.39 Å². The molecule has 6 nitrogen and oxygen atoms in total. The van der Waals surface area contributed by atoms with Gasteiger partial charge in [-0.1, -0.05) is 13.0 Å². The van der Waals surface area contributed by atoms with Gasteiger partial charge in [0.2, 0.25) is 0 Å². The third-order valence-electron chi connectivity index (χ3n) is 4.81. The Hall–Kier alpha value is -1.86. The van der Waals surface area contributed by atoms with E-state index < -0.39 is 0 Å². The fourth-order valence-corrected chi connectivity index (χ4v) is 3.09. The minimum atomic E-state index is -0.285. The third kappa shape index (κ3) is 8.13. The molecule has 1 atom stereocenters. The summed E-state index contributed by atoms with van der Waals surface area (Å²) in [7, 11) is 3.95. The highest BCUT2D eigenvalue weighted by atomic mass is 19.1. The molecule has 1 unspecified atom stereocenters. The van der Waals surface area contributed by atoms with Crippen LogP contribution in [0.2, 0.25) is 0 Å². The molecular weight excluding hydrogens is 345 g/mol. The van der Waals surface area contributed by atoms with Crippen molar-refractivity contribution in [2.75, 3.05) is 59.9 Å². The molecule has 1 heterocycles. The first-order chi connectivity index (χ1) is 13.1. The Morgan fingerprint density at radius 3 is 2.85 bits per heavy atom. The second kappa shape index (κ2) is 11.8.